The van der Waals surface area contributed by atoms with Crippen LogP contribution in [-0.4, -0.2) is 30.7 Å². The Morgan fingerprint density at radius 1 is 1.60 bits per heavy atom. The SMILES string of the molecule is CN(C)c1cc(C(O)CCN)ncc1Cl. The number of halogens is 1. The summed E-state index contributed by atoms with van der Waals surface area (Å²) < 4.78 is 0. The second-order valence-corrected chi connectivity index (χ2v) is 3.96. The number of aliphatic hydroxyl groups excluding tert-OH is 1. The highest BCUT2D eigenvalue weighted by molar-refractivity contribution is 6.33. The molecule has 1 unspecified atom stereocenters. The first kappa shape index (κ1) is 12.2. The van der Waals surface area contributed by atoms with Crippen LogP contribution in [0.5, 0.6) is 0 Å². The van der Waals surface area contributed by atoms with E-state index in [1.54, 1.807) is 12.3 Å². The minimum atomic E-state index is -0.619. The largest absolute Gasteiger partial charge is 0.387 e. The Hall–Kier alpha value is -0.840. The quantitative estimate of drug-likeness (QED) is 0.814. The molecule has 1 aromatic heterocycles. The van der Waals surface area contributed by atoms with Gasteiger partial charge in [-0.05, 0) is 19.0 Å². The van der Waals surface area contributed by atoms with Crippen LogP contribution in [0.25, 0.3) is 0 Å². The molecule has 1 heterocycles. The van der Waals surface area contributed by atoms with Crippen LogP contribution in [0.4, 0.5) is 5.69 Å². The summed E-state index contributed by atoms with van der Waals surface area (Å²) in [6, 6.07) is 1.78. The maximum Gasteiger partial charge on any atom is 0.0972 e. The molecule has 0 spiro atoms. The first-order valence-corrected chi connectivity index (χ1v) is 5.15. The normalized spacial score (nSPS) is 12.6. The Morgan fingerprint density at radius 3 is 2.80 bits per heavy atom. The number of aromatic nitrogens is 1. The average Bonchev–Trinajstić information content (AvgIpc) is 2.18. The van der Waals surface area contributed by atoms with Crippen molar-refractivity contribution >= 4 is 17.3 Å². The fraction of sp³-hybridized carbons (Fsp3) is 0.500. The van der Waals surface area contributed by atoms with Crippen LogP contribution < -0.4 is 10.6 Å². The van der Waals surface area contributed by atoms with Gasteiger partial charge in [-0.3, -0.25) is 4.98 Å². The number of hydrogen-bond acceptors (Lipinski definition) is 4. The summed E-state index contributed by atoms with van der Waals surface area (Å²) in [5, 5.41) is 10.3. The molecular weight excluding hydrogens is 214 g/mol. The highest BCUT2D eigenvalue weighted by Crippen LogP contribution is 2.26. The van der Waals surface area contributed by atoms with Gasteiger partial charge in [-0.25, -0.2) is 0 Å². The van der Waals surface area contributed by atoms with E-state index in [9.17, 15) is 5.11 Å². The Balaban J connectivity index is 2.96. The van der Waals surface area contributed by atoms with Crippen molar-refractivity contribution in [1.82, 2.24) is 4.98 Å². The van der Waals surface area contributed by atoms with Gasteiger partial charge in [-0.1, -0.05) is 11.6 Å². The summed E-state index contributed by atoms with van der Waals surface area (Å²) in [5.74, 6) is 0. The third-order valence-electron chi connectivity index (χ3n) is 2.12. The fourth-order valence-electron chi connectivity index (χ4n) is 1.27. The number of pyridine rings is 1. The highest BCUT2D eigenvalue weighted by atomic mass is 35.5. The third-order valence-corrected chi connectivity index (χ3v) is 2.41. The van der Waals surface area contributed by atoms with E-state index in [2.05, 4.69) is 4.98 Å². The number of aliphatic hydroxyl groups is 1. The minimum Gasteiger partial charge on any atom is -0.387 e. The van der Waals surface area contributed by atoms with Crippen LogP contribution in [-0.2, 0) is 0 Å². The lowest BCUT2D eigenvalue weighted by atomic mass is 10.1. The van der Waals surface area contributed by atoms with Gasteiger partial charge in [0.25, 0.3) is 0 Å². The molecule has 15 heavy (non-hydrogen) atoms. The van der Waals surface area contributed by atoms with Gasteiger partial charge < -0.3 is 15.7 Å². The molecule has 0 bridgehead atoms. The zero-order chi connectivity index (χ0) is 11.4. The summed E-state index contributed by atoms with van der Waals surface area (Å²) in [4.78, 5) is 5.95. The van der Waals surface area contributed by atoms with Crippen molar-refractivity contribution in [2.75, 3.05) is 25.5 Å². The maximum absolute atomic E-state index is 9.71. The van der Waals surface area contributed by atoms with Crippen molar-refractivity contribution in [1.29, 1.82) is 0 Å². The average molecular weight is 230 g/mol. The van der Waals surface area contributed by atoms with E-state index in [1.165, 1.54) is 0 Å². The van der Waals surface area contributed by atoms with Gasteiger partial charge in [0.1, 0.15) is 0 Å². The van der Waals surface area contributed by atoms with Gasteiger partial charge in [0.2, 0.25) is 0 Å². The Labute approximate surface area is 94.7 Å². The second-order valence-electron chi connectivity index (χ2n) is 3.55. The van der Waals surface area contributed by atoms with Gasteiger partial charge in [0, 0.05) is 20.3 Å². The first-order chi connectivity index (χ1) is 7.06. The number of nitrogens with two attached hydrogens (primary N) is 1. The van der Waals surface area contributed by atoms with Crippen LogP contribution in [0.2, 0.25) is 5.02 Å². The van der Waals surface area contributed by atoms with E-state index in [-0.39, 0.29) is 0 Å². The summed E-state index contributed by atoms with van der Waals surface area (Å²) in [7, 11) is 3.78. The van der Waals surface area contributed by atoms with Crippen molar-refractivity contribution < 1.29 is 5.11 Å². The van der Waals surface area contributed by atoms with Crippen LogP contribution in [0.3, 0.4) is 0 Å². The maximum atomic E-state index is 9.71. The zero-order valence-electron chi connectivity index (χ0n) is 8.94. The molecule has 0 amide bonds. The van der Waals surface area contributed by atoms with Crippen LogP contribution in [0.15, 0.2) is 12.3 Å². The van der Waals surface area contributed by atoms with Crippen LogP contribution in [0.1, 0.15) is 18.2 Å². The topological polar surface area (TPSA) is 62.4 Å². The van der Waals surface area contributed by atoms with Crippen molar-refractivity contribution in [3.63, 3.8) is 0 Å². The Bertz CT molecular complexity index is 330. The smallest absolute Gasteiger partial charge is 0.0972 e. The lowest BCUT2D eigenvalue weighted by Gasteiger charge is -2.16. The molecule has 0 aliphatic carbocycles. The van der Waals surface area contributed by atoms with E-state index in [0.717, 1.165) is 5.69 Å². The minimum absolute atomic E-state index is 0.433. The van der Waals surface area contributed by atoms with E-state index < -0.39 is 6.10 Å². The predicted molar refractivity (Wildman–Crippen MR) is 62.2 cm³/mol. The van der Waals surface area contributed by atoms with Crippen LogP contribution >= 0.6 is 11.6 Å². The Kier molecular flexibility index (Phi) is 4.32. The summed E-state index contributed by atoms with van der Waals surface area (Å²) in [6.45, 7) is 0.433. The summed E-state index contributed by atoms with van der Waals surface area (Å²) in [6.07, 6.45) is 1.43. The summed E-state index contributed by atoms with van der Waals surface area (Å²) >= 11 is 5.96. The predicted octanol–water partition coefficient (Wildman–Crippen LogP) is 1.18. The lowest BCUT2D eigenvalue weighted by Crippen LogP contribution is -2.12. The molecule has 0 aromatic carbocycles. The highest BCUT2D eigenvalue weighted by Gasteiger charge is 2.11. The molecule has 1 aromatic rings. The van der Waals surface area contributed by atoms with Crippen molar-refractivity contribution in [3.05, 3.63) is 23.0 Å². The standard InChI is InChI=1S/C10H16ClN3O/c1-14(2)9-5-8(10(15)3-4-12)13-6-7(9)11/h5-6,10,15H,3-4,12H2,1-2H3. The van der Waals surface area contributed by atoms with Gasteiger partial charge in [0.15, 0.2) is 0 Å². The first-order valence-electron chi connectivity index (χ1n) is 4.77. The second kappa shape index (κ2) is 5.30. The van der Waals surface area contributed by atoms with Gasteiger partial charge in [-0.15, -0.1) is 0 Å². The fourth-order valence-corrected chi connectivity index (χ4v) is 1.55. The van der Waals surface area contributed by atoms with E-state index in [1.807, 2.05) is 19.0 Å². The molecule has 0 saturated carbocycles. The van der Waals surface area contributed by atoms with E-state index in [4.69, 9.17) is 17.3 Å². The van der Waals surface area contributed by atoms with Gasteiger partial charge in [-0.2, -0.15) is 0 Å². The lowest BCUT2D eigenvalue weighted by molar-refractivity contribution is 0.165. The molecule has 0 saturated heterocycles. The molecule has 0 radical (unpaired) electrons. The van der Waals surface area contributed by atoms with Crippen molar-refractivity contribution in [3.8, 4) is 0 Å². The molecule has 0 aliphatic rings. The number of hydrogen-bond donors (Lipinski definition) is 2. The molecule has 84 valence electrons. The van der Waals surface area contributed by atoms with Crippen molar-refractivity contribution in [2.45, 2.75) is 12.5 Å². The van der Waals surface area contributed by atoms with Crippen LogP contribution in [0, 0.1) is 0 Å². The summed E-state index contributed by atoms with van der Waals surface area (Å²) in [5.41, 5.74) is 6.82. The number of anilines is 1. The van der Waals surface area contributed by atoms with E-state index in [0.29, 0.717) is 23.7 Å². The molecule has 1 atom stereocenters. The number of rotatable bonds is 4. The molecule has 0 aliphatic heterocycles. The monoisotopic (exact) mass is 229 g/mol. The van der Waals surface area contributed by atoms with Gasteiger partial charge >= 0.3 is 0 Å². The third kappa shape index (κ3) is 3.06. The van der Waals surface area contributed by atoms with Gasteiger partial charge in [0.05, 0.1) is 22.5 Å². The molecule has 1 rings (SSSR count). The molecule has 0 fully saturated rings. The molecule has 3 N–H and O–H groups in total. The zero-order valence-corrected chi connectivity index (χ0v) is 9.70. The molecular formula is C10H16ClN3O. The van der Waals surface area contributed by atoms with E-state index >= 15 is 0 Å². The molecule has 5 heteroatoms. The molecule has 4 nitrogen and oxygen atoms in total. The Morgan fingerprint density at radius 2 is 2.27 bits per heavy atom. The number of nitrogens with zero attached hydrogens (tertiary/aromatic N) is 2. The van der Waals surface area contributed by atoms with Crippen molar-refractivity contribution in [2.24, 2.45) is 5.73 Å².